The molecule has 2 N–H and O–H groups in total. The fourth-order valence-electron chi connectivity index (χ4n) is 6.32. The minimum atomic E-state index is -5.03. The van der Waals surface area contributed by atoms with E-state index in [4.69, 9.17) is 9.47 Å². The van der Waals surface area contributed by atoms with Crippen LogP contribution in [0.4, 0.5) is 13.2 Å². The van der Waals surface area contributed by atoms with Gasteiger partial charge in [-0.05, 0) is 47.6 Å². The monoisotopic (exact) mass is 726 g/mol. The first-order valence-corrected chi connectivity index (χ1v) is 18.1. The number of hydrogen-bond donors (Lipinski definition) is 2. The lowest BCUT2D eigenvalue weighted by atomic mass is 9.91. The van der Waals surface area contributed by atoms with Crippen LogP contribution in [-0.4, -0.2) is 62.6 Å². The summed E-state index contributed by atoms with van der Waals surface area (Å²) in [4.78, 5) is 25.4. The van der Waals surface area contributed by atoms with Crippen molar-refractivity contribution in [3.63, 3.8) is 0 Å². The molecule has 2 aliphatic heterocycles. The average molecular weight is 727 g/mol. The maximum Gasteiger partial charge on any atom is 0.471 e. The molecule has 0 spiro atoms. The second kappa shape index (κ2) is 15.6. The van der Waals surface area contributed by atoms with E-state index in [1.54, 1.807) is 23.1 Å². The molecule has 1 aromatic heterocycles. The smallest absolute Gasteiger partial charge is 0.392 e. The Hall–Kier alpha value is -3.82. The Labute approximate surface area is 296 Å². The standard InChI is InChI=1S/C36H37F3N4O5S2/c1-21-30(20-49-35-42-41-22(2)50-35)47-33(48-31(21)25-11-9-23(19-44)10-12-25)26-15-13-24(14-16-26)28-7-4-3-6-27(28)18-40-32(45)29-8-5-17-43(29)34(46)36(37,38)39/h3-4,6-7,9-16,21,29-31,33,44H,5,8,17-20H2,1-2H3,(H,40,45). The van der Waals surface area contributed by atoms with Crippen LogP contribution in [0.2, 0.25) is 0 Å². The van der Waals surface area contributed by atoms with Gasteiger partial charge in [0.2, 0.25) is 5.91 Å². The van der Waals surface area contributed by atoms with Gasteiger partial charge in [0, 0.05) is 30.3 Å². The Balaban J connectivity index is 1.17. The molecule has 3 heterocycles. The summed E-state index contributed by atoms with van der Waals surface area (Å²) in [6.07, 6.45) is -5.62. The molecule has 0 saturated carbocycles. The quantitative estimate of drug-likeness (QED) is 0.173. The third-order valence-corrected chi connectivity index (χ3v) is 11.1. The lowest BCUT2D eigenvalue weighted by Crippen LogP contribution is -2.50. The number of alkyl halides is 3. The van der Waals surface area contributed by atoms with Gasteiger partial charge in [0.15, 0.2) is 10.6 Å². The van der Waals surface area contributed by atoms with Crippen LogP contribution < -0.4 is 5.32 Å². The van der Waals surface area contributed by atoms with Crippen LogP contribution in [0.3, 0.4) is 0 Å². The molecule has 264 valence electrons. The van der Waals surface area contributed by atoms with Gasteiger partial charge in [-0.15, -0.1) is 10.2 Å². The highest BCUT2D eigenvalue weighted by molar-refractivity contribution is 8.01. The number of aliphatic hydroxyl groups is 1. The van der Waals surface area contributed by atoms with Gasteiger partial charge >= 0.3 is 12.1 Å². The molecular formula is C36H37F3N4O5S2. The minimum absolute atomic E-state index is 0.0111. The van der Waals surface area contributed by atoms with Gasteiger partial charge in [0.25, 0.3) is 0 Å². The normalized spacial score (nSPS) is 22.4. The first-order chi connectivity index (χ1) is 24.0. The maximum atomic E-state index is 13.1. The van der Waals surface area contributed by atoms with Crippen molar-refractivity contribution in [2.75, 3.05) is 12.3 Å². The van der Waals surface area contributed by atoms with E-state index in [-0.39, 0.29) is 44.2 Å². The number of benzene rings is 3. The van der Waals surface area contributed by atoms with Crippen LogP contribution in [0, 0.1) is 12.8 Å². The van der Waals surface area contributed by atoms with Crippen molar-refractivity contribution in [3.05, 3.63) is 100 Å². The first kappa shape index (κ1) is 36.0. The summed E-state index contributed by atoms with van der Waals surface area (Å²) >= 11 is 3.14. The van der Waals surface area contributed by atoms with E-state index in [2.05, 4.69) is 22.4 Å². The topological polar surface area (TPSA) is 114 Å². The van der Waals surface area contributed by atoms with Crippen LogP contribution in [0.5, 0.6) is 0 Å². The average Bonchev–Trinajstić information content (AvgIpc) is 3.79. The fraction of sp³-hybridized carbons (Fsp3) is 0.389. The molecule has 0 aliphatic carbocycles. The number of aromatic nitrogens is 2. The Morgan fingerprint density at radius 3 is 2.42 bits per heavy atom. The number of hydrogen-bond acceptors (Lipinski definition) is 9. The van der Waals surface area contributed by atoms with Gasteiger partial charge < -0.3 is 24.8 Å². The third kappa shape index (κ3) is 8.21. The molecule has 0 bridgehead atoms. The summed E-state index contributed by atoms with van der Waals surface area (Å²) < 4.78 is 53.3. The zero-order valence-electron chi connectivity index (χ0n) is 27.4. The zero-order valence-corrected chi connectivity index (χ0v) is 29.1. The molecule has 14 heteroatoms. The number of thioether (sulfide) groups is 1. The summed E-state index contributed by atoms with van der Waals surface area (Å²) in [5, 5.41) is 21.6. The number of nitrogens with one attached hydrogen (secondary N) is 1. The molecule has 50 heavy (non-hydrogen) atoms. The maximum absolute atomic E-state index is 13.1. The molecular weight excluding hydrogens is 690 g/mol. The van der Waals surface area contributed by atoms with Crippen LogP contribution in [0.25, 0.3) is 11.1 Å². The van der Waals surface area contributed by atoms with Crippen molar-refractivity contribution >= 4 is 34.9 Å². The van der Waals surface area contributed by atoms with E-state index in [0.717, 1.165) is 42.7 Å². The van der Waals surface area contributed by atoms with E-state index in [9.17, 15) is 27.9 Å². The Morgan fingerprint density at radius 1 is 1.02 bits per heavy atom. The zero-order chi connectivity index (χ0) is 35.4. The van der Waals surface area contributed by atoms with Gasteiger partial charge in [-0.3, -0.25) is 9.59 Å². The third-order valence-electron chi connectivity index (χ3n) is 9.03. The van der Waals surface area contributed by atoms with Gasteiger partial charge in [-0.2, -0.15) is 13.2 Å². The Bertz CT molecular complexity index is 1790. The van der Waals surface area contributed by atoms with Crippen molar-refractivity contribution in [2.45, 2.75) is 74.9 Å². The van der Waals surface area contributed by atoms with E-state index < -0.39 is 30.3 Å². The van der Waals surface area contributed by atoms with E-state index >= 15 is 0 Å². The van der Waals surface area contributed by atoms with Crippen LogP contribution in [0.1, 0.15) is 59.4 Å². The van der Waals surface area contributed by atoms with E-state index in [1.807, 2.05) is 79.7 Å². The van der Waals surface area contributed by atoms with Crippen LogP contribution >= 0.6 is 23.1 Å². The van der Waals surface area contributed by atoms with E-state index in [0.29, 0.717) is 17.1 Å². The second-order valence-electron chi connectivity index (χ2n) is 12.4. The molecule has 3 aromatic carbocycles. The van der Waals surface area contributed by atoms with Crippen molar-refractivity contribution < 1.29 is 37.3 Å². The lowest BCUT2D eigenvalue weighted by Gasteiger charge is -2.41. The summed E-state index contributed by atoms with van der Waals surface area (Å²) in [5.74, 6) is -1.93. The Kier molecular flexibility index (Phi) is 11.2. The summed E-state index contributed by atoms with van der Waals surface area (Å²) in [7, 11) is 0. The number of carbonyl (C=O) groups is 2. The number of likely N-dealkylation sites (tertiary alicyclic amines) is 1. The Morgan fingerprint density at radius 2 is 1.74 bits per heavy atom. The first-order valence-electron chi connectivity index (χ1n) is 16.3. The molecule has 2 amide bonds. The molecule has 9 nitrogen and oxygen atoms in total. The highest BCUT2D eigenvalue weighted by atomic mass is 32.2. The lowest BCUT2D eigenvalue weighted by molar-refractivity contribution is -0.268. The van der Waals surface area contributed by atoms with Crippen molar-refractivity contribution in [2.24, 2.45) is 5.92 Å². The predicted octanol–water partition coefficient (Wildman–Crippen LogP) is 6.76. The summed E-state index contributed by atoms with van der Waals surface area (Å²) in [6.45, 7) is 3.96. The van der Waals surface area contributed by atoms with E-state index in [1.165, 1.54) is 0 Å². The molecule has 2 saturated heterocycles. The molecule has 0 radical (unpaired) electrons. The number of ether oxygens (including phenoxy) is 2. The number of rotatable bonds is 10. The molecule has 5 unspecified atom stereocenters. The number of aryl methyl sites for hydroxylation is 1. The highest BCUT2D eigenvalue weighted by Gasteiger charge is 2.47. The second-order valence-corrected chi connectivity index (χ2v) is 14.8. The van der Waals surface area contributed by atoms with Crippen molar-refractivity contribution in [1.82, 2.24) is 20.4 Å². The number of amides is 2. The predicted molar refractivity (Wildman–Crippen MR) is 183 cm³/mol. The van der Waals surface area contributed by atoms with Gasteiger partial charge in [-0.25, -0.2) is 0 Å². The fourth-order valence-corrected chi connectivity index (χ4v) is 8.33. The SMILES string of the molecule is Cc1nnc(SCC2OC(c3ccc(-c4ccccc4CNC(=O)C4CCCN4C(=O)C(F)(F)F)cc3)OC(c3ccc(CO)cc3)C2C)s1. The molecule has 2 fully saturated rings. The van der Waals surface area contributed by atoms with Gasteiger partial charge in [0.05, 0.1) is 18.8 Å². The molecule has 5 atom stereocenters. The van der Waals surface area contributed by atoms with Crippen molar-refractivity contribution in [1.29, 1.82) is 0 Å². The highest BCUT2D eigenvalue weighted by Crippen LogP contribution is 2.43. The number of nitrogens with zero attached hydrogens (tertiary/aromatic N) is 3. The molecule has 4 aromatic rings. The van der Waals surface area contributed by atoms with Gasteiger partial charge in [0.1, 0.15) is 11.0 Å². The van der Waals surface area contributed by atoms with Crippen LogP contribution in [-0.2, 0) is 32.2 Å². The molecule has 6 rings (SSSR count). The van der Waals surface area contributed by atoms with Crippen LogP contribution in [0.15, 0.2) is 77.1 Å². The summed E-state index contributed by atoms with van der Waals surface area (Å²) in [5.41, 5.74) is 5.11. The van der Waals surface area contributed by atoms with Crippen molar-refractivity contribution in [3.8, 4) is 11.1 Å². The minimum Gasteiger partial charge on any atom is -0.392 e. The largest absolute Gasteiger partial charge is 0.471 e. The summed E-state index contributed by atoms with van der Waals surface area (Å²) in [6, 6.07) is 21.8. The molecule has 2 aliphatic rings. The number of halogens is 3. The number of carbonyl (C=O) groups excluding carboxylic acids is 2. The van der Waals surface area contributed by atoms with Gasteiger partial charge in [-0.1, -0.05) is 103 Å². The number of aliphatic hydroxyl groups excluding tert-OH is 1.